The molecule has 0 aliphatic rings. The Morgan fingerprint density at radius 1 is 1.11 bits per heavy atom. The first-order valence-electron chi connectivity index (χ1n) is 5.66. The van der Waals surface area contributed by atoms with Gasteiger partial charge in [-0.15, -0.1) is 0 Å². The third-order valence-corrected chi connectivity index (χ3v) is 2.66. The Hall–Kier alpha value is -2.23. The van der Waals surface area contributed by atoms with Crippen molar-refractivity contribution in [1.82, 2.24) is 0 Å². The molecule has 18 heavy (non-hydrogen) atoms. The highest BCUT2D eigenvalue weighted by molar-refractivity contribution is 5.73. The van der Waals surface area contributed by atoms with Crippen molar-refractivity contribution in [2.45, 2.75) is 0 Å². The van der Waals surface area contributed by atoms with Gasteiger partial charge in [0.25, 0.3) is 0 Å². The predicted molar refractivity (Wildman–Crippen MR) is 74.9 cm³/mol. The fraction of sp³-hybridized carbons (Fsp3) is 0.143. The summed E-state index contributed by atoms with van der Waals surface area (Å²) in [6.07, 6.45) is 0. The molecular formula is C14H16FN3. The summed E-state index contributed by atoms with van der Waals surface area (Å²) in [5, 5.41) is 3.18. The summed E-state index contributed by atoms with van der Waals surface area (Å²) in [5.41, 5.74) is 8.85. The van der Waals surface area contributed by atoms with E-state index in [0.29, 0.717) is 11.4 Å². The normalized spacial score (nSPS) is 10.2. The van der Waals surface area contributed by atoms with Gasteiger partial charge in [-0.3, -0.25) is 0 Å². The van der Waals surface area contributed by atoms with Crippen LogP contribution in [0.5, 0.6) is 0 Å². The van der Waals surface area contributed by atoms with Gasteiger partial charge >= 0.3 is 0 Å². The second kappa shape index (κ2) is 4.96. The van der Waals surface area contributed by atoms with Crippen molar-refractivity contribution in [3.05, 3.63) is 48.3 Å². The van der Waals surface area contributed by atoms with Crippen LogP contribution in [0.15, 0.2) is 42.5 Å². The van der Waals surface area contributed by atoms with Gasteiger partial charge in [-0.2, -0.15) is 0 Å². The first-order chi connectivity index (χ1) is 8.56. The van der Waals surface area contributed by atoms with E-state index in [0.717, 1.165) is 11.4 Å². The summed E-state index contributed by atoms with van der Waals surface area (Å²) >= 11 is 0. The minimum atomic E-state index is -0.333. The van der Waals surface area contributed by atoms with Gasteiger partial charge in [0.2, 0.25) is 0 Å². The van der Waals surface area contributed by atoms with E-state index in [-0.39, 0.29) is 5.82 Å². The smallest absolute Gasteiger partial charge is 0.125 e. The number of hydrogen-bond acceptors (Lipinski definition) is 3. The van der Waals surface area contributed by atoms with Crippen molar-refractivity contribution in [3.8, 4) is 0 Å². The highest BCUT2D eigenvalue weighted by atomic mass is 19.1. The van der Waals surface area contributed by atoms with Crippen LogP contribution >= 0.6 is 0 Å². The van der Waals surface area contributed by atoms with Crippen LogP contribution in [0, 0.1) is 5.82 Å². The molecule has 94 valence electrons. The molecule has 2 aromatic rings. The van der Waals surface area contributed by atoms with Crippen molar-refractivity contribution < 1.29 is 4.39 Å². The van der Waals surface area contributed by atoms with Gasteiger partial charge in [-0.25, -0.2) is 4.39 Å². The lowest BCUT2D eigenvalue weighted by Gasteiger charge is -2.15. The van der Waals surface area contributed by atoms with E-state index in [2.05, 4.69) is 5.32 Å². The average molecular weight is 245 g/mol. The standard InChI is InChI=1S/C14H16FN3/c1-18(2)12-5-3-4-11(9-12)17-14-7-6-10(15)8-13(14)16/h3-9,17H,16H2,1-2H3. The SMILES string of the molecule is CN(C)c1cccc(Nc2ccc(F)cc2N)c1. The largest absolute Gasteiger partial charge is 0.397 e. The topological polar surface area (TPSA) is 41.3 Å². The van der Waals surface area contributed by atoms with Gasteiger partial charge in [-0.05, 0) is 36.4 Å². The molecule has 2 aromatic carbocycles. The van der Waals surface area contributed by atoms with Crippen LogP contribution in [0.2, 0.25) is 0 Å². The maximum Gasteiger partial charge on any atom is 0.125 e. The predicted octanol–water partition coefficient (Wildman–Crippen LogP) is 3.22. The van der Waals surface area contributed by atoms with Crippen LogP contribution in [0.3, 0.4) is 0 Å². The van der Waals surface area contributed by atoms with E-state index in [1.165, 1.54) is 12.1 Å². The van der Waals surface area contributed by atoms with Gasteiger partial charge in [-0.1, -0.05) is 6.07 Å². The maximum absolute atomic E-state index is 12.9. The molecule has 3 N–H and O–H groups in total. The summed E-state index contributed by atoms with van der Waals surface area (Å²) < 4.78 is 12.9. The fourth-order valence-corrected chi connectivity index (χ4v) is 1.66. The molecule has 0 atom stereocenters. The number of halogens is 1. The van der Waals surface area contributed by atoms with E-state index < -0.39 is 0 Å². The van der Waals surface area contributed by atoms with E-state index in [4.69, 9.17) is 5.73 Å². The Balaban J connectivity index is 2.25. The molecule has 0 unspecified atom stereocenters. The first kappa shape index (κ1) is 12.2. The Bertz CT molecular complexity index is 552. The van der Waals surface area contributed by atoms with Crippen molar-refractivity contribution in [3.63, 3.8) is 0 Å². The van der Waals surface area contributed by atoms with Gasteiger partial charge in [0.15, 0.2) is 0 Å². The van der Waals surface area contributed by atoms with E-state index >= 15 is 0 Å². The molecule has 0 spiro atoms. The minimum absolute atomic E-state index is 0.333. The molecule has 0 aromatic heterocycles. The molecule has 0 fully saturated rings. The molecule has 0 aliphatic carbocycles. The van der Waals surface area contributed by atoms with Gasteiger partial charge < -0.3 is 16.0 Å². The third kappa shape index (κ3) is 2.71. The molecule has 2 rings (SSSR count). The van der Waals surface area contributed by atoms with Gasteiger partial charge in [0.05, 0.1) is 11.4 Å². The molecule has 0 heterocycles. The molecule has 0 bridgehead atoms. The Morgan fingerprint density at radius 3 is 2.56 bits per heavy atom. The van der Waals surface area contributed by atoms with Crippen molar-refractivity contribution in [2.75, 3.05) is 30.0 Å². The summed E-state index contributed by atoms with van der Waals surface area (Å²) in [6, 6.07) is 12.2. The van der Waals surface area contributed by atoms with E-state index in [1.807, 2.05) is 43.3 Å². The average Bonchev–Trinajstić information content (AvgIpc) is 2.33. The zero-order valence-electron chi connectivity index (χ0n) is 10.4. The highest BCUT2D eigenvalue weighted by Gasteiger charge is 2.02. The van der Waals surface area contributed by atoms with Crippen molar-refractivity contribution in [1.29, 1.82) is 0 Å². The van der Waals surface area contributed by atoms with E-state index in [9.17, 15) is 4.39 Å². The van der Waals surface area contributed by atoms with Crippen LogP contribution in [-0.2, 0) is 0 Å². The number of rotatable bonds is 3. The number of anilines is 4. The second-order valence-corrected chi connectivity index (χ2v) is 4.30. The summed E-state index contributed by atoms with van der Waals surface area (Å²) in [6.45, 7) is 0. The lowest BCUT2D eigenvalue weighted by molar-refractivity contribution is 0.628. The molecule has 0 saturated carbocycles. The van der Waals surface area contributed by atoms with Gasteiger partial charge in [0.1, 0.15) is 5.82 Å². The van der Waals surface area contributed by atoms with Crippen LogP contribution in [-0.4, -0.2) is 14.1 Å². The second-order valence-electron chi connectivity index (χ2n) is 4.30. The summed E-state index contributed by atoms with van der Waals surface area (Å²) in [4.78, 5) is 2.01. The molecule has 4 heteroatoms. The number of nitrogens with two attached hydrogens (primary N) is 1. The quantitative estimate of drug-likeness (QED) is 0.816. The van der Waals surface area contributed by atoms with E-state index in [1.54, 1.807) is 6.07 Å². The molecule has 0 radical (unpaired) electrons. The maximum atomic E-state index is 12.9. The van der Waals surface area contributed by atoms with Crippen molar-refractivity contribution in [2.24, 2.45) is 0 Å². The number of nitrogens with zero attached hydrogens (tertiary/aromatic N) is 1. The zero-order chi connectivity index (χ0) is 13.1. The molecule has 0 aliphatic heterocycles. The lowest BCUT2D eigenvalue weighted by atomic mass is 10.2. The molecular weight excluding hydrogens is 229 g/mol. The highest BCUT2D eigenvalue weighted by Crippen LogP contribution is 2.25. The number of nitrogens with one attached hydrogen (secondary N) is 1. The molecule has 0 saturated heterocycles. The van der Waals surface area contributed by atoms with Crippen LogP contribution in [0.4, 0.5) is 27.1 Å². The number of benzene rings is 2. The minimum Gasteiger partial charge on any atom is -0.397 e. The van der Waals surface area contributed by atoms with Crippen LogP contribution in [0.1, 0.15) is 0 Å². The third-order valence-electron chi connectivity index (χ3n) is 2.66. The fourth-order valence-electron chi connectivity index (χ4n) is 1.66. The first-order valence-corrected chi connectivity index (χ1v) is 5.66. The summed E-state index contributed by atoms with van der Waals surface area (Å²) in [5.74, 6) is -0.333. The van der Waals surface area contributed by atoms with Crippen LogP contribution in [0.25, 0.3) is 0 Å². The monoisotopic (exact) mass is 245 g/mol. The Kier molecular flexibility index (Phi) is 3.37. The molecule has 0 amide bonds. The van der Waals surface area contributed by atoms with Crippen molar-refractivity contribution >= 4 is 22.7 Å². The number of hydrogen-bond donors (Lipinski definition) is 2. The summed E-state index contributed by atoms with van der Waals surface area (Å²) in [7, 11) is 3.96. The van der Waals surface area contributed by atoms with Crippen LogP contribution < -0.4 is 16.0 Å². The molecule has 3 nitrogen and oxygen atoms in total. The Morgan fingerprint density at radius 2 is 1.89 bits per heavy atom. The Labute approximate surface area is 106 Å². The lowest BCUT2D eigenvalue weighted by Crippen LogP contribution is -2.08. The zero-order valence-corrected chi connectivity index (χ0v) is 10.4. The number of nitrogen functional groups attached to an aromatic ring is 1. The van der Waals surface area contributed by atoms with Gasteiger partial charge in [0, 0.05) is 25.5 Å².